The number of benzene rings is 1. The number of carbonyl (C=O) groups is 2. The molecule has 7 heteroatoms. The average molecular weight is 325 g/mol. The average Bonchev–Trinajstić information content (AvgIpc) is 2.94. The van der Waals surface area contributed by atoms with Gasteiger partial charge in [-0.25, -0.2) is 4.79 Å². The van der Waals surface area contributed by atoms with Gasteiger partial charge in [0.25, 0.3) is 5.91 Å². The molecule has 0 aliphatic carbocycles. The van der Waals surface area contributed by atoms with Gasteiger partial charge < -0.3 is 14.4 Å². The standard InChI is InChI=1S/C17H15N3O4/c1-10-13(17(22)23)8-12(24-10)9-20(2)16(21)11-3-4-14-15(7-11)19-6-5-18-14/h3-8H,9H2,1-2H3,(H,22,23). The zero-order valence-electron chi connectivity index (χ0n) is 13.2. The fourth-order valence-corrected chi connectivity index (χ4v) is 2.46. The van der Waals surface area contributed by atoms with Gasteiger partial charge in [-0.15, -0.1) is 0 Å². The van der Waals surface area contributed by atoms with Crippen LogP contribution in [0, 0.1) is 6.92 Å². The number of nitrogens with zero attached hydrogens (tertiary/aromatic N) is 3. The van der Waals surface area contributed by atoms with Crippen molar-refractivity contribution in [2.75, 3.05) is 7.05 Å². The molecule has 1 N–H and O–H groups in total. The summed E-state index contributed by atoms with van der Waals surface area (Å²) in [4.78, 5) is 33.4. The molecule has 2 heterocycles. The van der Waals surface area contributed by atoms with Crippen LogP contribution in [0.1, 0.15) is 32.2 Å². The van der Waals surface area contributed by atoms with E-state index in [0.717, 1.165) is 0 Å². The van der Waals surface area contributed by atoms with Crippen LogP contribution in [0.2, 0.25) is 0 Å². The molecule has 3 rings (SSSR count). The second kappa shape index (κ2) is 6.11. The van der Waals surface area contributed by atoms with Gasteiger partial charge in [0, 0.05) is 25.0 Å². The molecule has 0 fully saturated rings. The summed E-state index contributed by atoms with van der Waals surface area (Å²) in [7, 11) is 1.63. The highest BCUT2D eigenvalue weighted by atomic mass is 16.4. The van der Waals surface area contributed by atoms with Crippen LogP contribution >= 0.6 is 0 Å². The molecule has 1 aromatic carbocycles. The first-order chi connectivity index (χ1) is 11.5. The molecule has 0 aliphatic heterocycles. The van der Waals surface area contributed by atoms with Gasteiger partial charge in [-0.05, 0) is 31.2 Å². The number of hydrogen-bond acceptors (Lipinski definition) is 5. The van der Waals surface area contributed by atoms with Crippen molar-refractivity contribution in [3.8, 4) is 0 Å². The van der Waals surface area contributed by atoms with Crippen LogP contribution in [0.3, 0.4) is 0 Å². The summed E-state index contributed by atoms with van der Waals surface area (Å²) >= 11 is 0. The van der Waals surface area contributed by atoms with Crippen molar-refractivity contribution in [3.63, 3.8) is 0 Å². The highest BCUT2D eigenvalue weighted by molar-refractivity contribution is 5.97. The number of hydrogen-bond donors (Lipinski definition) is 1. The minimum absolute atomic E-state index is 0.104. The molecular weight excluding hydrogens is 310 g/mol. The molecule has 7 nitrogen and oxygen atoms in total. The van der Waals surface area contributed by atoms with Crippen LogP contribution < -0.4 is 0 Å². The van der Waals surface area contributed by atoms with Crippen LogP contribution in [0.25, 0.3) is 11.0 Å². The van der Waals surface area contributed by atoms with Gasteiger partial charge in [0.1, 0.15) is 17.1 Å². The maximum atomic E-state index is 12.5. The van der Waals surface area contributed by atoms with Gasteiger partial charge in [0.2, 0.25) is 0 Å². The highest BCUT2D eigenvalue weighted by Crippen LogP contribution is 2.18. The largest absolute Gasteiger partial charge is 0.478 e. The number of fused-ring (bicyclic) bond motifs is 1. The van der Waals surface area contributed by atoms with Crippen molar-refractivity contribution in [3.05, 3.63) is 59.3 Å². The van der Waals surface area contributed by atoms with Crippen LogP contribution in [0.4, 0.5) is 0 Å². The summed E-state index contributed by atoms with van der Waals surface area (Å²) in [5.74, 6) is -0.529. The minimum Gasteiger partial charge on any atom is -0.478 e. The molecule has 2 aromatic heterocycles. The normalized spacial score (nSPS) is 10.8. The zero-order valence-corrected chi connectivity index (χ0v) is 13.2. The number of rotatable bonds is 4. The molecule has 0 saturated heterocycles. The first-order valence-electron chi connectivity index (χ1n) is 7.24. The van der Waals surface area contributed by atoms with E-state index in [1.54, 1.807) is 44.6 Å². The summed E-state index contributed by atoms with van der Waals surface area (Å²) in [5, 5.41) is 9.05. The molecule has 0 atom stereocenters. The SMILES string of the molecule is Cc1oc(CN(C)C(=O)c2ccc3nccnc3c2)cc1C(=O)O. The fraction of sp³-hybridized carbons (Fsp3) is 0.176. The van der Waals surface area contributed by atoms with Crippen LogP contribution in [0.5, 0.6) is 0 Å². The van der Waals surface area contributed by atoms with E-state index in [4.69, 9.17) is 9.52 Å². The van der Waals surface area contributed by atoms with Gasteiger partial charge in [-0.1, -0.05) is 0 Å². The Bertz CT molecular complexity index is 932. The van der Waals surface area contributed by atoms with Crippen molar-refractivity contribution in [2.45, 2.75) is 13.5 Å². The number of aromatic nitrogens is 2. The summed E-state index contributed by atoms with van der Waals surface area (Å²) in [6.45, 7) is 1.75. The molecule has 122 valence electrons. The van der Waals surface area contributed by atoms with E-state index >= 15 is 0 Å². The molecule has 0 aliphatic rings. The maximum absolute atomic E-state index is 12.5. The van der Waals surface area contributed by atoms with Gasteiger partial charge in [-0.2, -0.15) is 0 Å². The Morgan fingerprint density at radius 3 is 2.54 bits per heavy atom. The van der Waals surface area contributed by atoms with E-state index in [-0.39, 0.29) is 18.0 Å². The lowest BCUT2D eigenvalue weighted by atomic mass is 10.1. The molecule has 0 radical (unpaired) electrons. The Kier molecular flexibility index (Phi) is 3.99. The number of carbonyl (C=O) groups excluding carboxylic acids is 1. The Hall–Kier alpha value is -3.22. The van der Waals surface area contributed by atoms with Crippen LogP contribution in [-0.2, 0) is 6.54 Å². The second-order valence-electron chi connectivity index (χ2n) is 5.41. The van der Waals surface area contributed by atoms with Crippen molar-refractivity contribution in [1.82, 2.24) is 14.9 Å². The monoisotopic (exact) mass is 325 g/mol. The lowest BCUT2D eigenvalue weighted by Gasteiger charge is -2.15. The van der Waals surface area contributed by atoms with E-state index in [1.807, 2.05) is 0 Å². The van der Waals surface area contributed by atoms with Crippen LogP contribution in [-0.4, -0.2) is 38.9 Å². The molecule has 3 aromatic rings. The van der Waals surface area contributed by atoms with E-state index in [9.17, 15) is 9.59 Å². The van der Waals surface area contributed by atoms with Gasteiger partial charge in [0.05, 0.1) is 17.6 Å². The van der Waals surface area contributed by atoms with Crippen molar-refractivity contribution in [1.29, 1.82) is 0 Å². The summed E-state index contributed by atoms with van der Waals surface area (Å²) in [5.41, 5.74) is 1.93. The van der Waals surface area contributed by atoms with Crippen molar-refractivity contribution in [2.24, 2.45) is 0 Å². The third kappa shape index (κ3) is 2.96. The third-order valence-electron chi connectivity index (χ3n) is 3.66. The number of furan rings is 1. The predicted octanol–water partition coefficient (Wildman–Crippen LogP) is 2.50. The van der Waals surface area contributed by atoms with Gasteiger partial charge in [-0.3, -0.25) is 14.8 Å². The Morgan fingerprint density at radius 2 is 1.88 bits per heavy atom. The highest BCUT2D eigenvalue weighted by Gasteiger charge is 2.18. The number of aryl methyl sites for hydroxylation is 1. The van der Waals surface area contributed by atoms with E-state index in [2.05, 4.69) is 9.97 Å². The molecule has 0 saturated carbocycles. The van der Waals surface area contributed by atoms with E-state index in [0.29, 0.717) is 28.1 Å². The quantitative estimate of drug-likeness (QED) is 0.791. The van der Waals surface area contributed by atoms with Gasteiger partial charge in [0.15, 0.2) is 0 Å². The third-order valence-corrected chi connectivity index (χ3v) is 3.66. The Morgan fingerprint density at radius 1 is 1.17 bits per heavy atom. The first kappa shape index (κ1) is 15.7. The zero-order chi connectivity index (χ0) is 17.3. The molecule has 1 amide bonds. The molecule has 0 bridgehead atoms. The fourth-order valence-electron chi connectivity index (χ4n) is 2.46. The summed E-state index contributed by atoms with van der Waals surface area (Å²) < 4.78 is 5.41. The second-order valence-corrected chi connectivity index (χ2v) is 5.41. The molecule has 24 heavy (non-hydrogen) atoms. The number of carboxylic acid groups (broad SMARTS) is 1. The van der Waals surface area contributed by atoms with Gasteiger partial charge >= 0.3 is 5.97 Å². The first-order valence-corrected chi connectivity index (χ1v) is 7.24. The summed E-state index contributed by atoms with van der Waals surface area (Å²) in [6, 6.07) is 6.54. The Labute approximate surface area is 137 Å². The topological polar surface area (TPSA) is 96.5 Å². The minimum atomic E-state index is -1.05. The van der Waals surface area contributed by atoms with Crippen LogP contribution in [0.15, 0.2) is 41.1 Å². The molecule has 0 unspecified atom stereocenters. The lowest BCUT2D eigenvalue weighted by molar-refractivity contribution is 0.0694. The predicted molar refractivity (Wildman–Crippen MR) is 85.7 cm³/mol. The van der Waals surface area contributed by atoms with Crippen molar-refractivity contribution >= 4 is 22.9 Å². The van der Waals surface area contributed by atoms with E-state index < -0.39 is 5.97 Å². The number of amides is 1. The lowest BCUT2D eigenvalue weighted by Crippen LogP contribution is -2.26. The van der Waals surface area contributed by atoms with E-state index in [1.165, 1.54) is 11.0 Å². The molecular formula is C17H15N3O4. The number of aromatic carboxylic acids is 1. The summed E-state index contributed by atoms with van der Waals surface area (Å²) in [6.07, 6.45) is 3.16. The number of carboxylic acids is 1. The maximum Gasteiger partial charge on any atom is 0.339 e. The van der Waals surface area contributed by atoms with Crippen molar-refractivity contribution < 1.29 is 19.1 Å². The smallest absolute Gasteiger partial charge is 0.339 e. The Balaban J connectivity index is 1.80. The molecule has 0 spiro atoms.